The van der Waals surface area contributed by atoms with Crippen molar-refractivity contribution in [2.45, 2.75) is 6.54 Å². The van der Waals surface area contributed by atoms with Gasteiger partial charge in [0.05, 0.1) is 6.54 Å². The van der Waals surface area contributed by atoms with Crippen LogP contribution in [-0.4, -0.2) is 22.4 Å². The van der Waals surface area contributed by atoms with Crippen LogP contribution < -0.4 is 10.6 Å². The second-order valence-corrected chi connectivity index (χ2v) is 4.03. The molecule has 0 spiro atoms. The molecule has 4 N–H and O–H groups in total. The molecule has 110 valence electrons. The van der Waals surface area contributed by atoms with E-state index in [0.29, 0.717) is 12.2 Å². The van der Waals surface area contributed by atoms with Gasteiger partial charge in [0.1, 0.15) is 0 Å². The van der Waals surface area contributed by atoms with E-state index in [1.54, 1.807) is 12.1 Å². The lowest BCUT2D eigenvalue weighted by Gasteiger charge is -2.19. The minimum atomic E-state index is -1.33. The molecule has 2 aromatic carbocycles. The maximum Gasteiger partial charge on any atom is 0.412 e. The highest BCUT2D eigenvalue weighted by Gasteiger charge is 2.13. The normalized spacial score (nSPS) is 9.14. The van der Waals surface area contributed by atoms with Gasteiger partial charge in [0, 0.05) is 5.69 Å². The number of nitrogens with two attached hydrogens (primary N) is 1. The Hall–Kier alpha value is -3.02. The Bertz CT molecular complexity index is 569. The number of anilines is 1. The van der Waals surface area contributed by atoms with Gasteiger partial charge in [0.25, 0.3) is 0 Å². The Labute approximate surface area is 122 Å². The minimum absolute atomic E-state index is 0.361. The van der Waals surface area contributed by atoms with E-state index in [1.165, 1.54) is 4.90 Å². The van der Waals surface area contributed by atoms with Crippen molar-refractivity contribution in [3.05, 3.63) is 66.2 Å². The predicted octanol–water partition coefficient (Wildman–Crippen LogP) is 2.99. The molecule has 0 aromatic heterocycles. The van der Waals surface area contributed by atoms with Gasteiger partial charge in [-0.3, -0.25) is 4.90 Å². The molecule has 0 saturated carbocycles. The predicted molar refractivity (Wildman–Crippen MR) is 79.3 cm³/mol. The van der Waals surface area contributed by atoms with Crippen molar-refractivity contribution in [1.29, 1.82) is 0 Å². The van der Waals surface area contributed by atoms with E-state index in [4.69, 9.17) is 9.90 Å². The number of primary amides is 1. The Kier molecular flexibility index (Phi) is 6.27. The first-order chi connectivity index (χ1) is 10.0. The standard InChI is InChI=1S/C14H13NO2.CH3NO2/c16-14(17)15(13-9-5-2-6-10-13)11-12-7-3-1-4-8-12;2-1(3)4/h1-10H,11H2,(H,16,17);2H2,(H,3,4). The molecule has 2 amide bonds. The molecule has 6 heteroatoms. The molecule has 0 saturated heterocycles. The number of hydrogen-bond donors (Lipinski definition) is 3. The van der Waals surface area contributed by atoms with Gasteiger partial charge in [0.15, 0.2) is 0 Å². The first-order valence-corrected chi connectivity index (χ1v) is 6.08. The molecule has 6 nitrogen and oxygen atoms in total. The van der Waals surface area contributed by atoms with Crippen molar-refractivity contribution in [1.82, 2.24) is 0 Å². The Morgan fingerprint density at radius 1 is 0.905 bits per heavy atom. The summed E-state index contributed by atoms with van der Waals surface area (Å²) in [5.74, 6) is 0. The number of nitrogens with zero attached hydrogens (tertiary/aromatic N) is 1. The first-order valence-electron chi connectivity index (χ1n) is 6.08. The number of amides is 2. The number of benzene rings is 2. The molecule has 2 rings (SSSR count). The molecule has 0 radical (unpaired) electrons. The third-order valence-electron chi connectivity index (χ3n) is 2.48. The van der Waals surface area contributed by atoms with Crippen LogP contribution in [0.1, 0.15) is 5.56 Å². The van der Waals surface area contributed by atoms with E-state index in [9.17, 15) is 9.90 Å². The van der Waals surface area contributed by atoms with Crippen molar-refractivity contribution in [3.63, 3.8) is 0 Å². The van der Waals surface area contributed by atoms with E-state index < -0.39 is 12.2 Å². The number of para-hydroxylation sites is 1. The second-order valence-electron chi connectivity index (χ2n) is 4.03. The summed E-state index contributed by atoms with van der Waals surface area (Å²) in [6.45, 7) is 0.361. The summed E-state index contributed by atoms with van der Waals surface area (Å²) in [7, 11) is 0. The molecule has 21 heavy (non-hydrogen) atoms. The van der Waals surface area contributed by atoms with Gasteiger partial charge in [-0.05, 0) is 17.7 Å². The van der Waals surface area contributed by atoms with Crippen LogP contribution in [0, 0.1) is 0 Å². The zero-order chi connectivity index (χ0) is 15.7. The quantitative estimate of drug-likeness (QED) is 0.807. The maximum absolute atomic E-state index is 11.2. The van der Waals surface area contributed by atoms with E-state index in [0.717, 1.165) is 5.56 Å². The average molecular weight is 288 g/mol. The van der Waals surface area contributed by atoms with Crippen molar-refractivity contribution in [3.8, 4) is 0 Å². The molecular formula is C15H16N2O4. The lowest BCUT2D eigenvalue weighted by molar-refractivity contribution is 0.201. The summed E-state index contributed by atoms with van der Waals surface area (Å²) in [5, 5.41) is 16.4. The highest BCUT2D eigenvalue weighted by molar-refractivity contribution is 5.85. The number of carboxylic acid groups (broad SMARTS) is 2. The number of hydrogen-bond acceptors (Lipinski definition) is 2. The van der Waals surface area contributed by atoms with Crippen LogP contribution in [0.15, 0.2) is 60.7 Å². The SMILES string of the molecule is NC(=O)O.O=C(O)N(Cc1ccccc1)c1ccccc1. The highest BCUT2D eigenvalue weighted by Crippen LogP contribution is 2.16. The molecule has 2 aromatic rings. The van der Waals surface area contributed by atoms with Gasteiger partial charge >= 0.3 is 12.2 Å². The van der Waals surface area contributed by atoms with Gasteiger partial charge in [-0.15, -0.1) is 0 Å². The molecule has 0 atom stereocenters. The lowest BCUT2D eigenvalue weighted by atomic mass is 10.2. The third-order valence-corrected chi connectivity index (χ3v) is 2.48. The fraction of sp³-hybridized carbons (Fsp3) is 0.0667. The molecule has 0 aliphatic carbocycles. The Morgan fingerprint density at radius 3 is 1.76 bits per heavy atom. The van der Waals surface area contributed by atoms with Gasteiger partial charge in [-0.25, -0.2) is 9.59 Å². The lowest BCUT2D eigenvalue weighted by Crippen LogP contribution is -2.28. The Morgan fingerprint density at radius 2 is 1.33 bits per heavy atom. The largest absolute Gasteiger partial charge is 0.465 e. The fourth-order valence-electron chi connectivity index (χ4n) is 1.64. The summed E-state index contributed by atoms with van der Waals surface area (Å²) in [6, 6.07) is 18.7. The Balaban J connectivity index is 0.000000491. The van der Waals surface area contributed by atoms with E-state index >= 15 is 0 Å². The van der Waals surface area contributed by atoms with Crippen LogP contribution in [0.25, 0.3) is 0 Å². The monoisotopic (exact) mass is 288 g/mol. The third kappa shape index (κ3) is 6.11. The van der Waals surface area contributed by atoms with Crippen molar-refractivity contribution in [2.75, 3.05) is 4.90 Å². The molecule has 0 heterocycles. The van der Waals surface area contributed by atoms with Crippen LogP contribution in [-0.2, 0) is 6.54 Å². The molecule has 0 aliphatic heterocycles. The zero-order valence-corrected chi connectivity index (χ0v) is 11.2. The maximum atomic E-state index is 11.2. The van der Waals surface area contributed by atoms with Crippen LogP contribution in [0.2, 0.25) is 0 Å². The van der Waals surface area contributed by atoms with Gasteiger partial charge in [-0.1, -0.05) is 48.5 Å². The summed E-state index contributed by atoms with van der Waals surface area (Å²) in [5.41, 5.74) is 5.68. The summed E-state index contributed by atoms with van der Waals surface area (Å²) in [6.07, 6.45) is -2.28. The number of carbonyl (C=O) groups is 2. The molecule has 0 fully saturated rings. The van der Waals surface area contributed by atoms with Crippen LogP contribution >= 0.6 is 0 Å². The van der Waals surface area contributed by atoms with Crippen molar-refractivity contribution in [2.24, 2.45) is 5.73 Å². The van der Waals surface area contributed by atoms with Gasteiger partial charge < -0.3 is 15.9 Å². The minimum Gasteiger partial charge on any atom is -0.465 e. The molecular weight excluding hydrogens is 272 g/mol. The fourth-order valence-corrected chi connectivity index (χ4v) is 1.64. The van der Waals surface area contributed by atoms with Gasteiger partial charge in [-0.2, -0.15) is 0 Å². The van der Waals surface area contributed by atoms with Crippen LogP contribution in [0.4, 0.5) is 15.3 Å². The summed E-state index contributed by atoms with van der Waals surface area (Å²) < 4.78 is 0. The topological polar surface area (TPSA) is 104 Å². The average Bonchev–Trinajstić information content (AvgIpc) is 2.46. The molecule has 0 aliphatic rings. The van der Waals surface area contributed by atoms with Crippen molar-refractivity contribution >= 4 is 17.9 Å². The van der Waals surface area contributed by atoms with Crippen LogP contribution in [0.3, 0.4) is 0 Å². The summed E-state index contributed by atoms with van der Waals surface area (Å²) >= 11 is 0. The smallest absolute Gasteiger partial charge is 0.412 e. The van der Waals surface area contributed by atoms with Crippen molar-refractivity contribution < 1.29 is 19.8 Å². The van der Waals surface area contributed by atoms with Crippen LogP contribution in [0.5, 0.6) is 0 Å². The first kappa shape index (κ1) is 16.0. The second kappa shape index (κ2) is 8.21. The molecule has 0 bridgehead atoms. The van der Waals surface area contributed by atoms with E-state index in [1.807, 2.05) is 48.5 Å². The summed E-state index contributed by atoms with van der Waals surface area (Å²) in [4.78, 5) is 21.3. The van der Waals surface area contributed by atoms with E-state index in [-0.39, 0.29) is 0 Å². The highest BCUT2D eigenvalue weighted by atomic mass is 16.4. The van der Waals surface area contributed by atoms with Gasteiger partial charge in [0.2, 0.25) is 0 Å². The number of rotatable bonds is 3. The zero-order valence-electron chi connectivity index (χ0n) is 11.2. The van der Waals surface area contributed by atoms with E-state index in [2.05, 4.69) is 5.73 Å². The molecule has 0 unspecified atom stereocenters.